The molecule has 1 rings (SSSR count). The summed E-state index contributed by atoms with van der Waals surface area (Å²) >= 11 is 0. The van der Waals surface area contributed by atoms with Crippen LogP contribution in [-0.2, 0) is 0 Å². The molecular weight excluding hydrogens is 166 g/mol. The molecule has 13 heavy (non-hydrogen) atoms. The lowest BCUT2D eigenvalue weighted by atomic mass is 10.2. The number of nitrogens with two attached hydrogens (primary N) is 2. The van der Waals surface area contributed by atoms with Gasteiger partial charge in [0.2, 0.25) is 5.96 Å². The van der Waals surface area contributed by atoms with Crippen molar-refractivity contribution in [3.63, 3.8) is 0 Å². The molecule has 0 aliphatic heterocycles. The highest BCUT2D eigenvalue weighted by molar-refractivity contribution is 5.82. The fourth-order valence-electron chi connectivity index (χ4n) is 0.741. The molecule has 5 N–H and O–H groups in total. The van der Waals surface area contributed by atoms with Crippen LogP contribution in [0.1, 0.15) is 5.56 Å². The topological polar surface area (TPSA) is 88.8 Å². The Morgan fingerprint density at radius 1 is 1.31 bits per heavy atom. The molecule has 0 aliphatic carbocycles. The molecule has 0 bridgehead atoms. The Bertz CT molecular complexity index is 304. The van der Waals surface area contributed by atoms with Crippen molar-refractivity contribution < 1.29 is 0 Å². The van der Waals surface area contributed by atoms with E-state index in [9.17, 15) is 0 Å². The largest absolute Gasteiger partial charge is 0.367 e. The van der Waals surface area contributed by atoms with E-state index in [1.807, 2.05) is 30.3 Å². The third-order valence-corrected chi connectivity index (χ3v) is 1.33. The lowest BCUT2D eigenvalue weighted by Crippen LogP contribution is -2.28. The van der Waals surface area contributed by atoms with Gasteiger partial charge in [0.1, 0.15) is 0 Å². The summed E-state index contributed by atoms with van der Waals surface area (Å²) in [5.74, 6) is 4.95. The molecular formula is C8H11N5. The minimum absolute atomic E-state index is 0.0761. The lowest BCUT2D eigenvalue weighted by Gasteiger charge is -1.95. The maximum absolute atomic E-state index is 5.24. The Labute approximate surface area is 76.1 Å². The van der Waals surface area contributed by atoms with E-state index in [4.69, 9.17) is 11.6 Å². The molecule has 0 radical (unpaired) electrons. The maximum atomic E-state index is 5.24. The number of nitrogens with one attached hydrogen (secondary N) is 1. The second-order valence-corrected chi connectivity index (χ2v) is 2.30. The number of guanidine groups is 1. The van der Waals surface area contributed by atoms with Gasteiger partial charge >= 0.3 is 0 Å². The predicted molar refractivity (Wildman–Crippen MR) is 53.0 cm³/mol. The zero-order chi connectivity index (χ0) is 9.52. The summed E-state index contributed by atoms with van der Waals surface area (Å²) in [4.78, 5) is 0. The summed E-state index contributed by atoms with van der Waals surface area (Å²) in [6.07, 6.45) is 1.62. The number of nitrogens with zero attached hydrogens (tertiary/aromatic N) is 2. The fraction of sp³-hybridized carbons (Fsp3) is 0. The zero-order valence-electron chi connectivity index (χ0n) is 7.01. The Morgan fingerprint density at radius 3 is 2.62 bits per heavy atom. The predicted octanol–water partition coefficient (Wildman–Crippen LogP) is -0.201. The summed E-state index contributed by atoms with van der Waals surface area (Å²) in [6, 6.07) is 9.60. The smallest absolute Gasteiger partial charge is 0.231 e. The summed E-state index contributed by atoms with van der Waals surface area (Å²) in [5, 5.41) is 6.99. The number of benzene rings is 1. The fourth-order valence-corrected chi connectivity index (χ4v) is 0.741. The maximum Gasteiger partial charge on any atom is 0.231 e. The van der Waals surface area contributed by atoms with Gasteiger partial charge in [-0.15, -0.1) is 5.10 Å². The molecule has 0 aliphatic rings. The Kier molecular flexibility index (Phi) is 3.31. The lowest BCUT2D eigenvalue weighted by molar-refractivity contribution is 0.993. The first-order valence-corrected chi connectivity index (χ1v) is 3.70. The molecule has 0 spiro atoms. The molecule has 0 aromatic heterocycles. The minimum Gasteiger partial charge on any atom is -0.367 e. The Morgan fingerprint density at radius 2 is 2.00 bits per heavy atom. The van der Waals surface area contributed by atoms with E-state index in [1.54, 1.807) is 6.21 Å². The van der Waals surface area contributed by atoms with E-state index >= 15 is 0 Å². The SMILES string of the molecule is NN=C(N)NN=Cc1ccccc1. The molecule has 1 aromatic carbocycles. The molecule has 0 heterocycles. The van der Waals surface area contributed by atoms with Crippen LogP contribution >= 0.6 is 0 Å². The molecule has 0 unspecified atom stereocenters. The van der Waals surface area contributed by atoms with Crippen molar-refractivity contribution in [3.8, 4) is 0 Å². The third-order valence-electron chi connectivity index (χ3n) is 1.33. The van der Waals surface area contributed by atoms with E-state index in [-0.39, 0.29) is 5.96 Å². The first-order valence-electron chi connectivity index (χ1n) is 3.70. The second-order valence-electron chi connectivity index (χ2n) is 2.30. The molecule has 5 nitrogen and oxygen atoms in total. The highest BCUT2D eigenvalue weighted by Gasteiger charge is 1.84. The van der Waals surface area contributed by atoms with Gasteiger partial charge in [-0.05, 0) is 5.56 Å². The summed E-state index contributed by atoms with van der Waals surface area (Å²) in [5.41, 5.74) is 8.66. The van der Waals surface area contributed by atoms with Crippen molar-refractivity contribution in [3.05, 3.63) is 35.9 Å². The molecule has 5 heteroatoms. The van der Waals surface area contributed by atoms with Gasteiger partial charge < -0.3 is 11.6 Å². The molecule has 0 fully saturated rings. The van der Waals surface area contributed by atoms with Crippen LogP contribution in [0.15, 0.2) is 40.5 Å². The third kappa shape index (κ3) is 3.24. The second kappa shape index (κ2) is 4.76. The number of hydrazone groups is 2. The zero-order valence-corrected chi connectivity index (χ0v) is 7.01. The van der Waals surface area contributed by atoms with Gasteiger partial charge in [-0.25, -0.2) is 5.43 Å². The van der Waals surface area contributed by atoms with Crippen molar-refractivity contribution in [2.75, 3.05) is 0 Å². The molecule has 68 valence electrons. The van der Waals surface area contributed by atoms with Crippen molar-refractivity contribution in [2.45, 2.75) is 0 Å². The molecule has 0 amide bonds. The quantitative estimate of drug-likeness (QED) is 0.253. The van der Waals surface area contributed by atoms with Gasteiger partial charge in [0.05, 0.1) is 6.21 Å². The van der Waals surface area contributed by atoms with Gasteiger partial charge in [-0.2, -0.15) is 5.10 Å². The van der Waals surface area contributed by atoms with Crippen molar-refractivity contribution >= 4 is 12.2 Å². The minimum atomic E-state index is 0.0761. The first-order chi connectivity index (χ1) is 6.33. The number of hydrogen-bond acceptors (Lipinski definition) is 3. The first kappa shape index (κ1) is 9.05. The van der Waals surface area contributed by atoms with Crippen molar-refractivity contribution in [1.82, 2.24) is 5.43 Å². The van der Waals surface area contributed by atoms with E-state index in [2.05, 4.69) is 15.6 Å². The van der Waals surface area contributed by atoms with E-state index in [1.165, 1.54) is 0 Å². The van der Waals surface area contributed by atoms with Gasteiger partial charge in [0.15, 0.2) is 0 Å². The van der Waals surface area contributed by atoms with Gasteiger partial charge in [-0.1, -0.05) is 30.3 Å². The van der Waals surface area contributed by atoms with Crippen LogP contribution in [0.3, 0.4) is 0 Å². The van der Waals surface area contributed by atoms with Crippen LogP contribution in [0.2, 0.25) is 0 Å². The number of hydrogen-bond donors (Lipinski definition) is 3. The van der Waals surface area contributed by atoms with Gasteiger partial charge in [0, 0.05) is 0 Å². The van der Waals surface area contributed by atoms with Crippen LogP contribution in [-0.4, -0.2) is 12.2 Å². The molecule has 1 aromatic rings. The number of rotatable bonds is 2. The monoisotopic (exact) mass is 177 g/mol. The van der Waals surface area contributed by atoms with Crippen LogP contribution in [0, 0.1) is 0 Å². The summed E-state index contributed by atoms with van der Waals surface area (Å²) in [6.45, 7) is 0. The van der Waals surface area contributed by atoms with Crippen LogP contribution in [0.4, 0.5) is 0 Å². The molecule has 0 saturated carbocycles. The standard InChI is InChI=1S/C8H11N5/c9-8(12-10)13-11-6-7-4-2-1-3-5-7/h1-6H,10H2,(H3,9,12,13). The summed E-state index contributed by atoms with van der Waals surface area (Å²) in [7, 11) is 0. The van der Waals surface area contributed by atoms with E-state index in [0.29, 0.717) is 0 Å². The van der Waals surface area contributed by atoms with E-state index < -0.39 is 0 Å². The highest BCUT2D eigenvalue weighted by atomic mass is 15.4. The Balaban J connectivity index is 2.50. The molecule has 0 atom stereocenters. The normalized spacial score (nSPS) is 11.8. The average molecular weight is 177 g/mol. The van der Waals surface area contributed by atoms with Gasteiger partial charge in [0.25, 0.3) is 0 Å². The van der Waals surface area contributed by atoms with Crippen LogP contribution in [0.5, 0.6) is 0 Å². The van der Waals surface area contributed by atoms with Crippen LogP contribution < -0.4 is 17.0 Å². The summed E-state index contributed by atoms with van der Waals surface area (Å²) < 4.78 is 0. The van der Waals surface area contributed by atoms with Crippen molar-refractivity contribution in [1.29, 1.82) is 0 Å². The van der Waals surface area contributed by atoms with Gasteiger partial charge in [-0.3, -0.25) is 0 Å². The highest BCUT2D eigenvalue weighted by Crippen LogP contribution is 1.92. The van der Waals surface area contributed by atoms with E-state index in [0.717, 1.165) is 5.56 Å². The van der Waals surface area contributed by atoms with Crippen molar-refractivity contribution in [2.24, 2.45) is 21.8 Å². The average Bonchev–Trinajstić information content (AvgIpc) is 2.19. The Hall–Kier alpha value is -2.04. The molecule has 0 saturated heterocycles. The van der Waals surface area contributed by atoms with Crippen LogP contribution in [0.25, 0.3) is 0 Å².